The number of ether oxygens (including phenoxy) is 4. The summed E-state index contributed by atoms with van der Waals surface area (Å²) in [6, 6.07) is 0. The average Bonchev–Trinajstić information content (AvgIpc) is 2.73. The SMILES string of the molecule is COC(=O)CCC(CC(=O)CC(CC(=O)C(C)CC(=O)OC)C(=O)OC)C(=O)OC. The van der Waals surface area contributed by atoms with E-state index in [2.05, 4.69) is 18.9 Å². The van der Waals surface area contributed by atoms with Crippen LogP contribution in [0.25, 0.3) is 0 Å². The highest BCUT2D eigenvalue weighted by Crippen LogP contribution is 2.21. The average molecular weight is 430 g/mol. The van der Waals surface area contributed by atoms with Crippen LogP contribution < -0.4 is 0 Å². The molecule has 0 heterocycles. The van der Waals surface area contributed by atoms with Crippen LogP contribution in [0.5, 0.6) is 0 Å². The van der Waals surface area contributed by atoms with Crippen LogP contribution in [-0.4, -0.2) is 63.9 Å². The van der Waals surface area contributed by atoms with Gasteiger partial charge in [-0.25, -0.2) is 0 Å². The second kappa shape index (κ2) is 14.2. The number of carbonyl (C=O) groups excluding carboxylic acids is 6. The van der Waals surface area contributed by atoms with Crippen molar-refractivity contribution in [1.82, 2.24) is 0 Å². The third kappa shape index (κ3) is 10.1. The zero-order chi connectivity index (χ0) is 23.3. The molecule has 10 nitrogen and oxygen atoms in total. The summed E-state index contributed by atoms with van der Waals surface area (Å²) in [4.78, 5) is 71.4. The van der Waals surface area contributed by atoms with E-state index in [1.807, 2.05) is 0 Å². The smallest absolute Gasteiger partial charge is 0.309 e. The van der Waals surface area contributed by atoms with Gasteiger partial charge in [0.15, 0.2) is 0 Å². The van der Waals surface area contributed by atoms with Crippen molar-refractivity contribution in [2.45, 2.75) is 45.4 Å². The van der Waals surface area contributed by atoms with E-state index in [0.717, 1.165) is 14.2 Å². The quantitative estimate of drug-likeness (QED) is 0.290. The van der Waals surface area contributed by atoms with Gasteiger partial charge in [0.2, 0.25) is 0 Å². The number of Topliss-reactive ketones (excluding diaryl/α,β-unsaturated/α-hetero) is 2. The van der Waals surface area contributed by atoms with Gasteiger partial charge in [0.25, 0.3) is 0 Å². The van der Waals surface area contributed by atoms with Crippen molar-refractivity contribution in [2.75, 3.05) is 28.4 Å². The number of esters is 4. The fourth-order valence-electron chi connectivity index (χ4n) is 2.79. The molecule has 0 aromatic rings. The molecule has 30 heavy (non-hydrogen) atoms. The zero-order valence-electron chi connectivity index (χ0n) is 18.1. The number of hydrogen-bond donors (Lipinski definition) is 0. The van der Waals surface area contributed by atoms with Gasteiger partial charge >= 0.3 is 23.9 Å². The van der Waals surface area contributed by atoms with Gasteiger partial charge in [0.1, 0.15) is 11.6 Å². The molecule has 0 rings (SSSR count). The van der Waals surface area contributed by atoms with E-state index in [0.29, 0.717) is 0 Å². The minimum atomic E-state index is -1.05. The number of methoxy groups -OCH3 is 4. The maximum atomic E-state index is 12.5. The number of rotatable bonds is 14. The van der Waals surface area contributed by atoms with Gasteiger partial charge < -0.3 is 18.9 Å². The molecule has 0 aliphatic carbocycles. The molecule has 0 aromatic heterocycles. The molecule has 0 radical (unpaired) electrons. The largest absolute Gasteiger partial charge is 0.469 e. The minimum absolute atomic E-state index is 0.0447. The molecule has 0 saturated carbocycles. The Morgan fingerprint density at radius 1 is 0.633 bits per heavy atom. The summed E-state index contributed by atoms with van der Waals surface area (Å²) >= 11 is 0. The van der Waals surface area contributed by atoms with Crippen LogP contribution in [0, 0.1) is 17.8 Å². The number of ketones is 2. The first-order valence-electron chi connectivity index (χ1n) is 9.43. The standard InChI is InChI=1S/C20H30O10/c1-12(8-18(24)28-3)16(22)11-14(20(26)30-5)10-15(21)9-13(19(25)29-4)6-7-17(23)27-2/h12-14H,6-11H2,1-5H3. The molecular weight excluding hydrogens is 400 g/mol. The van der Waals surface area contributed by atoms with Crippen molar-refractivity contribution in [2.24, 2.45) is 17.8 Å². The van der Waals surface area contributed by atoms with Crippen LogP contribution >= 0.6 is 0 Å². The summed E-state index contributed by atoms with van der Waals surface area (Å²) in [5.74, 6) is -5.97. The predicted octanol–water partition coefficient (Wildman–Crippen LogP) is 1.03. The molecule has 0 N–H and O–H groups in total. The van der Waals surface area contributed by atoms with Crippen LogP contribution in [0.15, 0.2) is 0 Å². The van der Waals surface area contributed by atoms with Crippen LogP contribution in [0.3, 0.4) is 0 Å². The molecule has 0 saturated heterocycles. The Morgan fingerprint density at radius 3 is 1.63 bits per heavy atom. The molecular formula is C20H30O10. The van der Waals surface area contributed by atoms with Gasteiger partial charge in [-0.2, -0.15) is 0 Å². The molecule has 10 heteroatoms. The van der Waals surface area contributed by atoms with E-state index < -0.39 is 47.4 Å². The van der Waals surface area contributed by atoms with E-state index >= 15 is 0 Å². The molecule has 0 aliphatic heterocycles. The molecule has 0 fully saturated rings. The van der Waals surface area contributed by atoms with Crippen LogP contribution in [0.1, 0.15) is 45.4 Å². The Kier molecular flexibility index (Phi) is 12.9. The van der Waals surface area contributed by atoms with E-state index in [4.69, 9.17) is 0 Å². The lowest BCUT2D eigenvalue weighted by atomic mass is 9.87. The summed E-state index contributed by atoms with van der Waals surface area (Å²) in [6.07, 6.45) is -1.05. The van der Waals surface area contributed by atoms with Gasteiger partial charge in [-0.05, 0) is 6.42 Å². The molecule has 3 unspecified atom stereocenters. The monoisotopic (exact) mass is 430 g/mol. The maximum absolute atomic E-state index is 12.5. The van der Waals surface area contributed by atoms with E-state index in [-0.39, 0.29) is 44.3 Å². The van der Waals surface area contributed by atoms with Crippen LogP contribution in [0.2, 0.25) is 0 Å². The number of carbonyl (C=O) groups is 6. The van der Waals surface area contributed by atoms with Crippen LogP contribution in [-0.2, 0) is 47.7 Å². The Bertz CT molecular complexity index is 639. The fraction of sp³-hybridized carbons (Fsp3) is 0.700. The summed E-state index contributed by atoms with van der Waals surface area (Å²) in [5, 5.41) is 0. The normalized spacial score (nSPS) is 13.4. The molecule has 0 bridgehead atoms. The lowest BCUT2D eigenvalue weighted by Gasteiger charge is -2.17. The Balaban J connectivity index is 5.08. The second-order valence-electron chi connectivity index (χ2n) is 6.85. The summed E-state index contributed by atoms with van der Waals surface area (Å²) in [6.45, 7) is 1.52. The highest BCUT2D eigenvalue weighted by molar-refractivity contribution is 5.92. The summed E-state index contributed by atoms with van der Waals surface area (Å²) in [5.41, 5.74) is 0. The predicted molar refractivity (Wildman–Crippen MR) is 102 cm³/mol. The second-order valence-corrected chi connectivity index (χ2v) is 6.85. The van der Waals surface area contributed by atoms with Crippen molar-refractivity contribution < 1.29 is 47.7 Å². The molecule has 0 aliphatic rings. The van der Waals surface area contributed by atoms with E-state index in [1.54, 1.807) is 0 Å². The Labute approximate surface area is 175 Å². The summed E-state index contributed by atoms with van der Waals surface area (Å²) in [7, 11) is 4.71. The van der Waals surface area contributed by atoms with Gasteiger partial charge in [0, 0.05) is 31.6 Å². The van der Waals surface area contributed by atoms with Gasteiger partial charge in [0.05, 0.1) is 46.7 Å². The first kappa shape index (κ1) is 27.2. The highest BCUT2D eigenvalue weighted by atomic mass is 16.5. The van der Waals surface area contributed by atoms with Gasteiger partial charge in [-0.3, -0.25) is 28.8 Å². The topological polar surface area (TPSA) is 139 Å². The third-order valence-electron chi connectivity index (χ3n) is 4.64. The molecule has 170 valence electrons. The summed E-state index contributed by atoms with van der Waals surface area (Å²) < 4.78 is 18.4. The van der Waals surface area contributed by atoms with Gasteiger partial charge in [-0.15, -0.1) is 0 Å². The fourth-order valence-corrected chi connectivity index (χ4v) is 2.79. The zero-order valence-corrected chi connectivity index (χ0v) is 18.1. The van der Waals surface area contributed by atoms with Crippen LogP contribution in [0.4, 0.5) is 0 Å². The third-order valence-corrected chi connectivity index (χ3v) is 4.64. The lowest BCUT2D eigenvalue weighted by Crippen LogP contribution is -2.28. The Hall–Kier alpha value is -2.78. The first-order chi connectivity index (χ1) is 14.1. The van der Waals surface area contributed by atoms with Crippen molar-refractivity contribution in [3.05, 3.63) is 0 Å². The molecule has 0 spiro atoms. The first-order valence-corrected chi connectivity index (χ1v) is 9.43. The molecule has 0 amide bonds. The molecule has 0 aromatic carbocycles. The van der Waals surface area contributed by atoms with Crippen molar-refractivity contribution in [3.63, 3.8) is 0 Å². The Morgan fingerprint density at radius 2 is 1.13 bits per heavy atom. The van der Waals surface area contributed by atoms with Gasteiger partial charge in [-0.1, -0.05) is 6.92 Å². The van der Waals surface area contributed by atoms with E-state index in [9.17, 15) is 28.8 Å². The molecule has 3 atom stereocenters. The van der Waals surface area contributed by atoms with Crippen molar-refractivity contribution in [3.8, 4) is 0 Å². The van der Waals surface area contributed by atoms with Crippen molar-refractivity contribution in [1.29, 1.82) is 0 Å². The highest BCUT2D eigenvalue weighted by Gasteiger charge is 2.31. The lowest BCUT2D eigenvalue weighted by molar-refractivity contribution is -0.150. The van der Waals surface area contributed by atoms with Crippen molar-refractivity contribution >= 4 is 35.4 Å². The minimum Gasteiger partial charge on any atom is -0.469 e. The maximum Gasteiger partial charge on any atom is 0.309 e. The number of hydrogen-bond acceptors (Lipinski definition) is 10. The van der Waals surface area contributed by atoms with E-state index in [1.165, 1.54) is 21.1 Å².